The van der Waals surface area contributed by atoms with E-state index in [1.54, 1.807) is 20.8 Å². The highest BCUT2D eigenvalue weighted by Crippen LogP contribution is 2.24. The molecule has 1 rings (SSSR count). The van der Waals surface area contributed by atoms with Gasteiger partial charge < -0.3 is 14.8 Å². The first kappa shape index (κ1) is 20.7. The molecule has 3 N–H and O–H groups in total. The molecule has 0 aromatic heterocycles. The number of hydrogen-bond donors (Lipinski definition) is 3. The van der Waals surface area contributed by atoms with Crippen LogP contribution in [0.25, 0.3) is 0 Å². The largest absolute Gasteiger partial charge is 0.496 e. The van der Waals surface area contributed by atoms with Gasteiger partial charge in [-0.3, -0.25) is 30.6 Å². The molecule has 11 heteroatoms. The first-order chi connectivity index (χ1) is 12.0. The molecule has 0 saturated carbocycles. The molecule has 142 valence electrons. The van der Waals surface area contributed by atoms with Crippen LogP contribution in [0.4, 0.5) is 10.5 Å². The van der Waals surface area contributed by atoms with Gasteiger partial charge in [-0.05, 0) is 26.8 Å². The molecule has 0 unspecified atom stereocenters. The Kier molecular flexibility index (Phi) is 6.88. The molecule has 1 aromatic carbocycles. The fraction of sp³-hybridized carbons (Fsp3) is 0.400. The van der Waals surface area contributed by atoms with Crippen LogP contribution in [0.15, 0.2) is 18.2 Å². The number of ether oxygens (including phenoxy) is 2. The van der Waals surface area contributed by atoms with Crippen molar-refractivity contribution in [1.82, 2.24) is 16.2 Å². The molecule has 0 aliphatic carbocycles. The molecule has 1 aromatic rings. The lowest BCUT2D eigenvalue weighted by Gasteiger charge is -2.19. The number of alkyl carbamates (subject to hydrolysis) is 1. The lowest BCUT2D eigenvalue weighted by molar-refractivity contribution is -0.384. The fourth-order valence-electron chi connectivity index (χ4n) is 1.69. The number of carbonyl (C=O) groups is 3. The Labute approximate surface area is 149 Å². The average molecular weight is 368 g/mol. The second-order valence-corrected chi connectivity index (χ2v) is 6.00. The minimum absolute atomic E-state index is 0.0153. The summed E-state index contributed by atoms with van der Waals surface area (Å²) in [6.45, 7) is 4.59. The summed E-state index contributed by atoms with van der Waals surface area (Å²) in [6.07, 6.45) is -0.781. The Morgan fingerprint density at radius 2 is 1.85 bits per heavy atom. The van der Waals surface area contributed by atoms with Crippen molar-refractivity contribution in [1.29, 1.82) is 0 Å². The zero-order valence-electron chi connectivity index (χ0n) is 14.7. The van der Waals surface area contributed by atoms with Crippen molar-refractivity contribution in [2.24, 2.45) is 0 Å². The third kappa shape index (κ3) is 6.63. The van der Waals surface area contributed by atoms with Crippen molar-refractivity contribution in [3.63, 3.8) is 0 Å². The van der Waals surface area contributed by atoms with Crippen LogP contribution < -0.4 is 20.9 Å². The van der Waals surface area contributed by atoms with E-state index in [9.17, 15) is 24.5 Å². The van der Waals surface area contributed by atoms with Crippen molar-refractivity contribution in [3.8, 4) is 5.75 Å². The highest BCUT2D eigenvalue weighted by Gasteiger charge is 2.18. The molecule has 0 bridgehead atoms. The van der Waals surface area contributed by atoms with E-state index in [0.717, 1.165) is 12.1 Å². The Morgan fingerprint density at radius 3 is 2.38 bits per heavy atom. The Hall–Kier alpha value is -3.37. The summed E-state index contributed by atoms with van der Waals surface area (Å²) in [7, 11) is 1.25. The number of methoxy groups -OCH3 is 1. The second-order valence-electron chi connectivity index (χ2n) is 6.00. The molecule has 0 aliphatic heterocycles. The van der Waals surface area contributed by atoms with Crippen LogP contribution in [0.3, 0.4) is 0 Å². The van der Waals surface area contributed by atoms with Crippen LogP contribution in [-0.4, -0.2) is 42.1 Å². The number of non-ortho nitro benzene ring substituents is 1. The smallest absolute Gasteiger partial charge is 0.408 e. The van der Waals surface area contributed by atoms with Crippen molar-refractivity contribution in [2.75, 3.05) is 13.7 Å². The molecule has 0 spiro atoms. The molecular formula is C15H20N4O7. The molecule has 0 radical (unpaired) electrons. The lowest BCUT2D eigenvalue weighted by atomic mass is 10.1. The molecular weight excluding hydrogens is 348 g/mol. The maximum Gasteiger partial charge on any atom is 0.408 e. The predicted octanol–water partition coefficient (Wildman–Crippen LogP) is 0.889. The van der Waals surface area contributed by atoms with Crippen LogP contribution >= 0.6 is 0 Å². The molecule has 0 atom stereocenters. The van der Waals surface area contributed by atoms with Crippen LogP contribution in [-0.2, 0) is 9.53 Å². The van der Waals surface area contributed by atoms with Gasteiger partial charge >= 0.3 is 6.09 Å². The summed E-state index contributed by atoms with van der Waals surface area (Å²) in [5.41, 5.74) is 3.23. The molecule has 0 saturated heterocycles. The number of nitro benzene ring substituents is 1. The lowest BCUT2D eigenvalue weighted by Crippen LogP contribution is -2.47. The molecule has 11 nitrogen and oxygen atoms in total. The Bertz CT molecular complexity index is 712. The monoisotopic (exact) mass is 368 g/mol. The summed E-state index contributed by atoms with van der Waals surface area (Å²) in [6, 6.07) is 3.40. The topological polar surface area (TPSA) is 149 Å². The number of amides is 3. The maximum absolute atomic E-state index is 12.0. The molecule has 3 amide bonds. The average Bonchev–Trinajstić information content (AvgIpc) is 2.55. The first-order valence-electron chi connectivity index (χ1n) is 7.42. The van der Waals surface area contributed by atoms with E-state index in [-0.39, 0.29) is 17.0 Å². The van der Waals surface area contributed by atoms with Gasteiger partial charge in [-0.15, -0.1) is 0 Å². The van der Waals surface area contributed by atoms with Gasteiger partial charge in [0.05, 0.1) is 23.7 Å². The van der Waals surface area contributed by atoms with Gasteiger partial charge in [0.25, 0.3) is 17.5 Å². The van der Waals surface area contributed by atoms with E-state index < -0.39 is 35.0 Å². The van der Waals surface area contributed by atoms with Crippen LogP contribution in [0.2, 0.25) is 0 Å². The highest BCUT2D eigenvalue weighted by atomic mass is 16.6. The molecule has 26 heavy (non-hydrogen) atoms. The van der Waals surface area contributed by atoms with Gasteiger partial charge in [-0.2, -0.15) is 0 Å². The van der Waals surface area contributed by atoms with Gasteiger partial charge in [-0.25, -0.2) is 4.79 Å². The Balaban J connectivity index is 2.57. The van der Waals surface area contributed by atoms with Gasteiger partial charge in [-0.1, -0.05) is 0 Å². The fourth-order valence-corrected chi connectivity index (χ4v) is 1.69. The van der Waals surface area contributed by atoms with Gasteiger partial charge in [0.2, 0.25) is 0 Å². The Morgan fingerprint density at radius 1 is 1.19 bits per heavy atom. The van der Waals surface area contributed by atoms with Crippen molar-refractivity contribution < 1.29 is 28.8 Å². The van der Waals surface area contributed by atoms with E-state index in [2.05, 4.69) is 16.2 Å². The third-order valence-electron chi connectivity index (χ3n) is 2.75. The van der Waals surface area contributed by atoms with E-state index >= 15 is 0 Å². The minimum atomic E-state index is -0.781. The van der Waals surface area contributed by atoms with E-state index in [1.165, 1.54) is 13.2 Å². The number of nitro groups is 1. The van der Waals surface area contributed by atoms with Crippen molar-refractivity contribution >= 4 is 23.6 Å². The summed E-state index contributed by atoms with van der Waals surface area (Å²) < 4.78 is 9.89. The molecule has 0 heterocycles. The SMILES string of the molecule is COc1cc([N+](=O)[O-])ccc1C(=O)NNC(=O)CNC(=O)OC(C)(C)C. The number of hydrazine groups is 1. The summed E-state index contributed by atoms with van der Waals surface area (Å²) in [5, 5.41) is 12.9. The number of carbonyl (C=O) groups excluding carboxylic acids is 3. The van der Waals surface area contributed by atoms with Gasteiger partial charge in [0.15, 0.2) is 0 Å². The van der Waals surface area contributed by atoms with E-state index in [0.29, 0.717) is 0 Å². The zero-order valence-corrected chi connectivity index (χ0v) is 14.7. The van der Waals surface area contributed by atoms with Gasteiger partial charge in [0.1, 0.15) is 17.9 Å². The van der Waals surface area contributed by atoms with Crippen molar-refractivity contribution in [3.05, 3.63) is 33.9 Å². The zero-order chi connectivity index (χ0) is 19.9. The number of nitrogens with zero attached hydrogens (tertiary/aromatic N) is 1. The molecule has 0 fully saturated rings. The predicted molar refractivity (Wildman–Crippen MR) is 89.5 cm³/mol. The summed E-state index contributed by atoms with van der Waals surface area (Å²) in [5.74, 6) is -1.48. The number of benzene rings is 1. The second kappa shape index (κ2) is 8.65. The van der Waals surface area contributed by atoms with Crippen LogP contribution in [0.1, 0.15) is 31.1 Å². The maximum atomic E-state index is 12.0. The van der Waals surface area contributed by atoms with E-state index in [1.807, 2.05) is 0 Å². The van der Waals surface area contributed by atoms with Crippen LogP contribution in [0.5, 0.6) is 5.75 Å². The highest BCUT2D eigenvalue weighted by molar-refractivity contribution is 5.98. The quantitative estimate of drug-likeness (QED) is 0.516. The summed E-state index contributed by atoms with van der Waals surface area (Å²) >= 11 is 0. The summed E-state index contributed by atoms with van der Waals surface area (Å²) in [4.78, 5) is 45.2. The number of hydrogen-bond acceptors (Lipinski definition) is 7. The normalized spacial score (nSPS) is 10.5. The third-order valence-corrected chi connectivity index (χ3v) is 2.75. The minimum Gasteiger partial charge on any atom is -0.496 e. The number of rotatable bonds is 5. The van der Waals surface area contributed by atoms with Crippen LogP contribution in [0, 0.1) is 10.1 Å². The first-order valence-corrected chi connectivity index (χ1v) is 7.42. The van der Waals surface area contributed by atoms with Gasteiger partial charge in [0, 0.05) is 6.07 Å². The standard InChI is InChI=1S/C15H20N4O7/c1-15(2,3)26-14(22)16-8-12(20)17-18-13(21)10-6-5-9(19(23)24)7-11(10)25-4/h5-7H,8H2,1-4H3,(H,16,22)(H,17,20)(H,18,21). The van der Waals surface area contributed by atoms with Crippen molar-refractivity contribution in [2.45, 2.75) is 26.4 Å². The number of nitrogens with one attached hydrogen (secondary N) is 3. The van der Waals surface area contributed by atoms with E-state index in [4.69, 9.17) is 9.47 Å². The molecule has 0 aliphatic rings.